The summed E-state index contributed by atoms with van der Waals surface area (Å²) in [5.41, 5.74) is 1.99. The molecule has 0 aliphatic carbocycles. The second kappa shape index (κ2) is 8.33. The van der Waals surface area contributed by atoms with Crippen molar-refractivity contribution in [2.24, 2.45) is 4.99 Å². The fourth-order valence-electron chi connectivity index (χ4n) is 2.24. The number of aromatic nitrogens is 2. The maximum atomic E-state index is 5.58. The van der Waals surface area contributed by atoms with E-state index in [0.717, 1.165) is 35.3 Å². The van der Waals surface area contributed by atoms with Gasteiger partial charge in [0.2, 0.25) is 5.89 Å². The van der Waals surface area contributed by atoms with Crippen molar-refractivity contribution in [3.8, 4) is 0 Å². The molecule has 0 amide bonds. The molecule has 0 saturated carbocycles. The van der Waals surface area contributed by atoms with Crippen molar-refractivity contribution in [2.45, 2.75) is 33.9 Å². The maximum absolute atomic E-state index is 5.58. The van der Waals surface area contributed by atoms with Gasteiger partial charge < -0.3 is 20.0 Å². The Balaban J connectivity index is 2.05. The maximum Gasteiger partial charge on any atom is 0.214 e. The van der Waals surface area contributed by atoms with E-state index in [9.17, 15) is 0 Å². The molecule has 2 aromatic heterocycles. The Morgan fingerprint density at radius 1 is 1.29 bits per heavy atom. The quantitative estimate of drug-likeness (QED) is 0.623. The molecule has 0 aromatic carbocycles. The zero-order valence-corrected chi connectivity index (χ0v) is 15.1. The highest BCUT2D eigenvalue weighted by molar-refractivity contribution is 5.79. The molecule has 0 saturated heterocycles. The van der Waals surface area contributed by atoms with Crippen LogP contribution in [-0.4, -0.2) is 36.6 Å². The lowest BCUT2D eigenvalue weighted by atomic mass is 10.2. The van der Waals surface area contributed by atoms with Gasteiger partial charge in [-0.15, -0.1) is 0 Å². The molecule has 2 N–H and O–H groups in total. The van der Waals surface area contributed by atoms with Crippen LogP contribution in [0.3, 0.4) is 0 Å². The van der Waals surface area contributed by atoms with Gasteiger partial charge in [0.15, 0.2) is 5.96 Å². The van der Waals surface area contributed by atoms with Crippen molar-refractivity contribution in [1.29, 1.82) is 0 Å². The fourth-order valence-corrected chi connectivity index (χ4v) is 2.24. The van der Waals surface area contributed by atoms with E-state index >= 15 is 0 Å². The van der Waals surface area contributed by atoms with E-state index < -0.39 is 0 Å². The molecule has 0 spiro atoms. The molecule has 0 atom stereocenters. The lowest BCUT2D eigenvalue weighted by Crippen LogP contribution is -2.36. The van der Waals surface area contributed by atoms with E-state index in [4.69, 9.17) is 4.42 Å². The summed E-state index contributed by atoms with van der Waals surface area (Å²) in [6.07, 6.45) is 1.79. The van der Waals surface area contributed by atoms with Gasteiger partial charge in [0.05, 0.1) is 18.8 Å². The van der Waals surface area contributed by atoms with Gasteiger partial charge >= 0.3 is 0 Å². The molecule has 2 rings (SSSR count). The first-order chi connectivity index (χ1) is 11.5. The predicted octanol–water partition coefficient (Wildman–Crippen LogP) is 2.01. The normalized spacial score (nSPS) is 11.5. The predicted molar refractivity (Wildman–Crippen MR) is 96.2 cm³/mol. The van der Waals surface area contributed by atoms with Gasteiger partial charge in [0, 0.05) is 32.4 Å². The second-order valence-electron chi connectivity index (χ2n) is 5.68. The average molecular weight is 330 g/mol. The van der Waals surface area contributed by atoms with Gasteiger partial charge in [0.25, 0.3) is 0 Å². The standard InChI is InChI=1S/C17H26N6O/c1-6-18-17(21-11-15-22-12(2)13(3)24-15)20-10-14-8-7-9-19-16(14)23(4)5/h7-9H,6,10-11H2,1-5H3,(H2,18,20,21). The van der Waals surface area contributed by atoms with Crippen LogP contribution < -0.4 is 15.5 Å². The Morgan fingerprint density at radius 2 is 2.08 bits per heavy atom. The minimum atomic E-state index is 0.494. The van der Waals surface area contributed by atoms with Crippen LogP contribution in [0, 0.1) is 13.8 Å². The van der Waals surface area contributed by atoms with Gasteiger partial charge in [-0.3, -0.25) is 0 Å². The van der Waals surface area contributed by atoms with Crippen molar-refractivity contribution in [3.05, 3.63) is 41.2 Å². The van der Waals surface area contributed by atoms with Crippen LogP contribution in [0.15, 0.2) is 27.7 Å². The van der Waals surface area contributed by atoms with Crippen LogP contribution in [0.1, 0.15) is 29.8 Å². The molecule has 0 aliphatic rings. The lowest BCUT2D eigenvalue weighted by Gasteiger charge is -2.15. The number of hydrogen-bond donors (Lipinski definition) is 2. The van der Waals surface area contributed by atoms with Crippen molar-refractivity contribution in [1.82, 2.24) is 20.6 Å². The Labute approximate surface area is 143 Å². The van der Waals surface area contributed by atoms with Crippen molar-refractivity contribution >= 4 is 11.8 Å². The molecule has 24 heavy (non-hydrogen) atoms. The summed E-state index contributed by atoms with van der Waals surface area (Å²) in [6, 6.07) is 3.97. The van der Waals surface area contributed by atoms with E-state index in [1.807, 2.05) is 51.9 Å². The monoisotopic (exact) mass is 330 g/mol. The molecular formula is C17H26N6O. The molecule has 0 bridgehead atoms. The minimum absolute atomic E-state index is 0.494. The first-order valence-electron chi connectivity index (χ1n) is 8.07. The van der Waals surface area contributed by atoms with E-state index in [1.165, 1.54) is 0 Å². The van der Waals surface area contributed by atoms with E-state index in [2.05, 4.69) is 25.6 Å². The van der Waals surface area contributed by atoms with Crippen LogP contribution in [-0.2, 0) is 13.1 Å². The van der Waals surface area contributed by atoms with Crippen molar-refractivity contribution in [3.63, 3.8) is 0 Å². The largest absolute Gasteiger partial charge is 0.444 e. The number of nitrogens with one attached hydrogen (secondary N) is 2. The smallest absolute Gasteiger partial charge is 0.214 e. The van der Waals surface area contributed by atoms with Gasteiger partial charge in [-0.05, 0) is 26.8 Å². The van der Waals surface area contributed by atoms with Crippen molar-refractivity contribution < 1.29 is 4.42 Å². The van der Waals surface area contributed by atoms with Crippen LogP contribution in [0.25, 0.3) is 0 Å². The van der Waals surface area contributed by atoms with E-state index in [-0.39, 0.29) is 0 Å². The summed E-state index contributed by atoms with van der Waals surface area (Å²) in [4.78, 5) is 15.4. The molecule has 0 fully saturated rings. The number of pyridine rings is 1. The second-order valence-corrected chi connectivity index (χ2v) is 5.68. The summed E-state index contributed by atoms with van der Waals surface area (Å²) in [7, 11) is 3.96. The number of hydrogen-bond acceptors (Lipinski definition) is 5. The van der Waals surface area contributed by atoms with E-state index in [1.54, 1.807) is 6.20 Å². The first kappa shape index (κ1) is 17.8. The Bertz CT molecular complexity index is 673. The number of anilines is 1. The zero-order valence-electron chi connectivity index (χ0n) is 15.1. The lowest BCUT2D eigenvalue weighted by molar-refractivity contribution is 0.463. The highest BCUT2D eigenvalue weighted by atomic mass is 16.4. The molecule has 2 aromatic rings. The summed E-state index contributed by atoms with van der Waals surface area (Å²) in [5.74, 6) is 3.15. The van der Waals surface area contributed by atoms with Gasteiger partial charge in [-0.25, -0.2) is 15.0 Å². The fraction of sp³-hybridized carbons (Fsp3) is 0.471. The third-order valence-corrected chi connectivity index (χ3v) is 3.52. The minimum Gasteiger partial charge on any atom is -0.444 e. The Morgan fingerprint density at radius 3 is 2.71 bits per heavy atom. The number of aryl methyl sites for hydroxylation is 2. The van der Waals surface area contributed by atoms with Gasteiger partial charge in [-0.1, -0.05) is 6.07 Å². The first-order valence-corrected chi connectivity index (χ1v) is 8.07. The van der Waals surface area contributed by atoms with Gasteiger partial charge in [-0.2, -0.15) is 0 Å². The average Bonchev–Trinajstić information content (AvgIpc) is 2.88. The van der Waals surface area contributed by atoms with Crippen molar-refractivity contribution in [2.75, 3.05) is 25.5 Å². The highest BCUT2D eigenvalue weighted by Crippen LogP contribution is 2.15. The number of guanidine groups is 1. The summed E-state index contributed by atoms with van der Waals surface area (Å²) < 4.78 is 5.58. The van der Waals surface area contributed by atoms with Crippen LogP contribution >= 0.6 is 0 Å². The molecule has 7 nitrogen and oxygen atoms in total. The Hall–Kier alpha value is -2.57. The summed E-state index contributed by atoms with van der Waals surface area (Å²) in [6.45, 7) is 7.70. The number of nitrogens with zero attached hydrogens (tertiary/aromatic N) is 4. The zero-order chi connectivity index (χ0) is 17.5. The number of rotatable bonds is 6. The Kier molecular flexibility index (Phi) is 6.17. The van der Waals surface area contributed by atoms with Crippen LogP contribution in [0.5, 0.6) is 0 Å². The molecule has 7 heteroatoms. The van der Waals surface area contributed by atoms with E-state index in [0.29, 0.717) is 19.0 Å². The molecule has 130 valence electrons. The van der Waals surface area contributed by atoms with Crippen LogP contribution in [0.2, 0.25) is 0 Å². The summed E-state index contributed by atoms with van der Waals surface area (Å²) >= 11 is 0. The topological polar surface area (TPSA) is 78.6 Å². The number of oxazole rings is 1. The molecule has 0 aliphatic heterocycles. The molecule has 2 heterocycles. The van der Waals surface area contributed by atoms with Crippen LogP contribution in [0.4, 0.5) is 5.82 Å². The SMILES string of the molecule is CCNC(=NCc1cccnc1N(C)C)NCc1nc(C)c(C)o1. The molecular weight excluding hydrogens is 304 g/mol. The third-order valence-electron chi connectivity index (χ3n) is 3.52. The molecule has 0 radical (unpaired) electrons. The third kappa shape index (κ3) is 4.71. The number of aliphatic imine (C=N–C) groups is 1. The molecule has 0 unspecified atom stereocenters. The highest BCUT2D eigenvalue weighted by Gasteiger charge is 2.08. The summed E-state index contributed by atoms with van der Waals surface area (Å²) in [5, 5.41) is 6.47. The van der Waals surface area contributed by atoms with Gasteiger partial charge in [0.1, 0.15) is 11.6 Å².